The van der Waals surface area contributed by atoms with Crippen molar-refractivity contribution in [1.82, 2.24) is 10.2 Å². The van der Waals surface area contributed by atoms with E-state index in [0.29, 0.717) is 12.1 Å². The van der Waals surface area contributed by atoms with Gasteiger partial charge in [-0.1, -0.05) is 26.0 Å². The first-order valence-corrected chi connectivity index (χ1v) is 7.81. The Labute approximate surface area is 123 Å². The third-order valence-corrected chi connectivity index (χ3v) is 3.74. The summed E-state index contributed by atoms with van der Waals surface area (Å²) in [5.74, 6) is 0.985. The third-order valence-electron chi connectivity index (χ3n) is 3.74. The predicted octanol–water partition coefficient (Wildman–Crippen LogP) is 2.84. The van der Waals surface area contributed by atoms with Crippen LogP contribution in [0.5, 0.6) is 5.75 Å². The van der Waals surface area contributed by atoms with Crippen molar-refractivity contribution < 1.29 is 4.74 Å². The van der Waals surface area contributed by atoms with Crippen LogP contribution in [0.4, 0.5) is 0 Å². The second-order valence-corrected chi connectivity index (χ2v) is 6.13. The Balaban J connectivity index is 1.71. The summed E-state index contributed by atoms with van der Waals surface area (Å²) in [4.78, 5) is 2.51. The van der Waals surface area contributed by atoms with E-state index in [1.807, 2.05) is 12.1 Å². The molecular weight excluding hydrogens is 248 g/mol. The van der Waals surface area contributed by atoms with Crippen LogP contribution >= 0.6 is 0 Å². The summed E-state index contributed by atoms with van der Waals surface area (Å²) in [5, 5.41) is 3.64. The van der Waals surface area contributed by atoms with E-state index >= 15 is 0 Å². The van der Waals surface area contributed by atoms with Gasteiger partial charge < -0.3 is 10.1 Å². The predicted molar refractivity (Wildman–Crippen MR) is 84.4 cm³/mol. The van der Waals surface area contributed by atoms with Crippen LogP contribution in [0.3, 0.4) is 0 Å². The molecule has 1 aliphatic heterocycles. The lowest BCUT2D eigenvalue weighted by atomic mass is 10.1. The van der Waals surface area contributed by atoms with Crippen molar-refractivity contribution in [3.63, 3.8) is 0 Å². The molecule has 1 saturated heterocycles. The van der Waals surface area contributed by atoms with Gasteiger partial charge in [0.1, 0.15) is 12.4 Å². The van der Waals surface area contributed by atoms with Crippen LogP contribution in [-0.4, -0.2) is 43.2 Å². The minimum Gasteiger partial charge on any atom is -0.492 e. The van der Waals surface area contributed by atoms with Gasteiger partial charge in [0.15, 0.2) is 0 Å². The van der Waals surface area contributed by atoms with Gasteiger partial charge in [0.2, 0.25) is 0 Å². The Kier molecular flexibility index (Phi) is 5.86. The van der Waals surface area contributed by atoms with E-state index in [4.69, 9.17) is 4.74 Å². The first-order chi connectivity index (χ1) is 9.63. The highest BCUT2D eigenvalue weighted by Gasteiger charge is 2.19. The minimum atomic E-state index is 0.573. The molecule has 1 atom stereocenters. The number of likely N-dealkylation sites (tertiary alicyclic amines) is 1. The van der Waals surface area contributed by atoms with Gasteiger partial charge >= 0.3 is 0 Å². The monoisotopic (exact) mass is 276 g/mol. The number of aryl methyl sites for hydroxylation is 1. The van der Waals surface area contributed by atoms with Crippen molar-refractivity contribution in [2.24, 2.45) is 0 Å². The smallest absolute Gasteiger partial charge is 0.119 e. The second kappa shape index (κ2) is 7.65. The van der Waals surface area contributed by atoms with E-state index < -0.39 is 0 Å². The van der Waals surface area contributed by atoms with Crippen molar-refractivity contribution in [3.05, 3.63) is 29.8 Å². The van der Waals surface area contributed by atoms with Gasteiger partial charge in [-0.05, 0) is 44.0 Å². The van der Waals surface area contributed by atoms with E-state index in [9.17, 15) is 0 Å². The lowest BCUT2D eigenvalue weighted by molar-refractivity contribution is 0.156. The molecule has 1 aromatic rings. The first kappa shape index (κ1) is 15.3. The zero-order valence-electron chi connectivity index (χ0n) is 13.1. The molecule has 20 heavy (non-hydrogen) atoms. The molecule has 0 saturated carbocycles. The minimum absolute atomic E-state index is 0.573. The van der Waals surface area contributed by atoms with E-state index in [2.05, 4.69) is 43.1 Å². The van der Waals surface area contributed by atoms with Gasteiger partial charge in [0.25, 0.3) is 0 Å². The summed E-state index contributed by atoms with van der Waals surface area (Å²) in [6, 6.07) is 9.49. The summed E-state index contributed by atoms with van der Waals surface area (Å²) in [6.07, 6.45) is 2.59. The van der Waals surface area contributed by atoms with E-state index in [0.717, 1.165) is 25.4 Å². The Hall–Kier alpha value is -1.06. The highest BCUT2D eigenvalue weighted by atomic mass is 16.5. The zero-order valence-corrected chi connectivity index (χ0v) is 13.1. The molecule has 3 heteroatoms. The van der Waals surface area contributed by atoms with Crippen molar-refractivity contribution in [2.75, 3.05) is 26.2 Å². The molecule has 0 amide bonds. The average Bonchev–Trinajstić information content (AvgIpc) is 2.38. The fourth-order valence-electron chi connectivity index (χ4n) is 2.86. The Morgan fingerprint density at radius 3 is 3.00 bits per heavy atom. The van der Waals surface area contributed by atoms with Crippen molar-refractivity contribution >= 4 is 0 Å². The summed E-state index contributed by atoms with van der Waals surface area (Å²) in [6.45, 7) is 10.7. The van der Waals surface area contributed by atoms with Gasteiger partial charge in [-0.15, -0.1) is 0 Å². The van der Waals surface area contributed by atoms with Crippen LogP contribution in [0.25, 0.3) is 0 Å². The molecule has 0 bridgehead atoms. The standard InChI is InChI=1S/C17H28N2O/c1-14(2)18-16-7-5-9-19(13-16)10-11-20-17-8-4-6-15(3)12-17/h4,6,8,12,14,16,18H,5,7,9-11,13H2,1-3H3. The molecule has 1 heterocycles. The van der Waals surface area contributed by atoms with E-state index in [-0.39, 0.29) is 0 Å². The number of ether oxygens (including phenoxy) is 1. The fourth-order valence-corrected chi connectivity index (χ4v) is 2.86. The maximum Gasteiger partial charge on any atom is 0.119 e. The first-order valence-electron chi connectivity index (χ1n) is 7.81. The number of piperidine rings is 1. The maximum atomic E-state index is 5.84. The summed E-state index contributed by atoms with van der Waals surface area (Å²) >= 11 is 0. The molecule has 0 aromatic heterocycles. The van der Waals surface area contributed by atoms with Crippen LogP contribution in [0.1, 0.15) is 32.3 Å². The van der Waals surface area contributed by atoms with Crippen LogP contribution in [0, 0.1) is 6.92 Å². The molecule has 0 aliphatic carbocycles. The van der Waals surface area contributed by atoms with E-state index in [1.165, 1.54) is 24.9 Å². The largest absolute Gasteiger partial charge is 0.492 e. The number of nitrogens with zero attached hydrogens (tertiary/aromatic N) is 1. The van der Waals surface area contributed by atoms with Crippen LogP contribution in [-0.2, 0) is 0 Å². The molecule has 112 valence electrons. The number of rotatable bonds is 6. The normalized spacial score (nSPS) is 20.3. The molecule has 1 unspecified atom stereocenters. The molecule has 2 rings (SSSR count). The molecular formula is C17H28N2O. The molecule has 1 aliphatic rings. The van der Waals surface area contributed by atoms with Gasteiger partial charge in [0, 0.05) is 25.2 Å². The van der Waals surface area contributed by atoms with Gasteiger partial charge in [-0.25, -0.2) is 0 Å². The molecule has 0 spiro atoms. The highest BCUT2D eigenvalue weighted by molar-refractivity contribution is 5.27. The zero-order chi connectivity index (χ0) is 14.4. The van der Waals surface area contributed by atoms with Gasteiger partial charge in [-0.2, -0.15) is 0 Å². The summed E-state index contributed by atoms with van der Waals surface area (Å²) in [7, 11) is 0. The highest BCUT2D eigenvalue weighted by Crippen LogP contribution is 2.13. The van der Waals surface area contributed by atoms with Crippen LogP contribution in [0.2, 0.25) is 0 Å². The Morgan fingerprint density at radius 2 is 2.25 bits per heavy atom. The molecule has 3 nitrogen and oxygen atoms in total. The summed E-state index contributed by atoms with van der Waals surface area (Å²) < 4.78 is 5.84. The maximum absolute atomic E-state index is 5.84. The van der Waals surface area contributed by atoms with Crippen LogP contribution in [0.15, 0.2) is 24.3 Å². The molecule has 1 aromatic carbocycles. The second-order valence-electron chi connectivity index (χ2n) is 6.13. The van der Waals surface area contributed by atoms with Crippen molar-refractivity contribution in [3.8, 4) is 5.75 Å². The summed E-state index contributed by atoms with van der Waals surface area (Å²) in [5.41, 5.74) is 1.25. The number of nitrogens with one attached hydrogen (secondary N) is 1. The van der Waals surface area contributed by atoms with Gasteiger partial charge in [-0.3, -0.25) is 4.90 Å². The Morgan fingerprint density at radius 1 is 1.40 bits per heavy atom. The van der Waals surface area contributed by atoms with Crippen molar-refractivity contribution in [1.29, 1.82) is 0 Å². The number of benzene rings is 1. The van der Waals surface area contributed by atoms with Crippen LogP contribution < -0.4 is 10.1 Å². The van der Waals surface area contributed by atoms with E-state index in [1.54, 1.807) is 0 Å². The van der Waals surface area contributed by atoms with Gasteiger partial charge in [0.05, 0.1) is 0 Å². The molecule has 0 radical (unpaired) electrons. The average molecular weight is 276 g/mol. The van der Waals surface area contributed by atoms with Crippen molar-refractivity contribution in [2.45, 2.75) is 45.7 Å². The lowest BCUT2D eigenvalue weighted by Gasteiger charge is -2.34. The third kappa shape index (κ3) is 5.14. The quantitative estimate of drug-likeness (QED) is 0.864. The topological polar surface area (TPSA) is 24.5 Å². The fraction of sp³-hybridized carbons (Fsp3) is 0.647. The number of hydrogen-bond donors (Lipinski definition) is 1. The molecule has 1 N–H and O–H groups in total. The Bertz CT molecular complexity index is 406. The number of hydrogen-bond acceptors (Lipinski definition) is 3. The molecule has 1 fully saturated rings. The SMILES string of the molecule is Cc1cccc(OCCN2CCCC(NC(C)C)C2)c1. The lowest BCUT2D eigenvalue weighted by Crippen LogP contribution is -2.48.